The fourth-order valence-corrected chi connectivity index (χ4v) is 3.83. The van der Waals surface area contributed by atoms with Crippen LogP contribution in [0, 0.1) is 0 Å². The van der Waals surface area contributed by atoms with Crippen LogP contribution in [0.1, 0.15) is 34.1 Å². The predicted molar refractivity (Wildman–Crippen MR) is 77.1 cm³/mol. The Morgan fingerprint density at radius 2 is 2.12 bits per heavy atom. The Morgan fingerprint density at radius 3 is 2.38 bits per heavy atom. The Labute approximate surface area is 113 Å². The van der Waals surface area contributed by atoms with E-state index in [1.54, 1.807) is 0 Å². The Bertz CT molecular complexity index is 219. The first-order valence-corrected chi connectivity index (χ1v) is 7.70. The molecule has 0 radical (unpaired) electrons. The van der Waals surface area contributed by atoms with E-state index in [-0.39, 0.29) is 11.6 Å². The first kappa shape index (κ1) is 14.7. The van der Waals surface area contributed by atoms with Crippen molar-refractivity contribution >= 4 is 22.6 Å². The van der Waals surface area contributed by atoms with E-state index in [0.29, 0.717) is 12.1 Å². The van der Waals surface area contributed by atoms with E-state index in [2.05, 4.69) is 55.2 Å². The molecule has 96 valence electrons. The van der Waals surface area contributed by atoms with Crippen molar-refractivity contribution in [2.75, 3.05) is 17.6 Å². The first-order valence-electron chi connectivity index (χ1n) is 6.17. The van der Waals surface area contributed by atoms with Gasteiger partial charge in [0.15, 0.2) is 0 Å². The van der Waals surface area contributed by atoms with E-state index in [0.717, 1.165) is 24.0 Å². The molecule has 4 heteroatoms. The van der Waals surface area contributed by atoms with Gasteiger partial charge in [-0.15, -0.1) is 0 Å². The van der Waals surface area contributed by atoms with Gasteiger partial charge in [-0.25, -0.2) is 0 Å². The molecule has 1 fully saturated rings. The predicted octanol–water partition coefficient (Wildman–Crippen LogP) is 2.03. The van der Waals surface area contributed by atoms with E-state index in [4.69, 9.17) is 10.5 Å². The molecule has 0 aromatic carbocycles. The van der Waals surface area contributed by atoms with E-state index in [9.17, 15) is 0 Å². The molecule has 3 nitrogen and oxygen atoms in total. The lowest BCUT2D eigenvalue weighted by Crippen LogP contribution is -2.71. The summed E-state index contributed by atoms with van der Waals surface area (Å²) < 4.78 is 6.87. The zero-order valence-corrected chi connectivity index (χ0v) is 13.0. The smallest absolute Gasteiger partial charge is 0.0804 e. The molecule has 1 rings (SSSR count). The SMILES string of the molecule is CCN(C(C)C)C1(CI)COC1CC(C)N. The number of halogens is 1. The monoisotopic (exact) mass is 340 g/mol. The molecule has 0 bridgehead atoms. The Kier molecular flexibility index (Phi) is 5.48. The number of nitrogens with two attached hydrogens (primary N) is 1. The van der Waals surface area contributed by atoms with Crippen molar-refractivity contribution in [1.82, 2.24) is 4.90 Å². The van der Waals surface area contributed by atoms with Gasteiger partial charge in [-0.2, -0.15) is 0 Å². The van der Waals surface area contributed by atoms with Crippen molar-refractivity contribution in [1.29, 1.82) is 0 Å². The maximum absolute atomic E-state index is 5.90. The second-order valence-corrected chi connectivity index (χ2v) is 5.89. The van der Waals surface area contributed by atoms with Crippen LogP contribution in [-0.4, -0.2) is 46.2 Å². The number of nitrogens with zero attached hydrogens (tertiary/aromatic N) is 1. The Balaban J connectivity index is 2.76. The highest BCUT2D eigenvalue weighted by molar-refractivity contribution is 14.1. The number of hydrogen-bond donors (Lipinski definition) is 1. The molecule has 0 aromatic heterocycles. The quantitative estimate of drug-likeness (QED) is 0.594. The Morgan fingerprint density at radius 1 is 1.50 bits per heavy atom. The van der Waals surface area contributed by atoms with Crippen LogP contribution in [0.5, 0.6) is 0 Å². The van der Waals surface area contributed by atoms with Crippen LogP contribution in [0.4, 0.5) is 0 Å². The normalized spacial score (nSPS) is 31.9. The van der Waals surface area contributed by atoms with E-state index < -0.39 is 0 Å². The van der Waals surface area contributed by atoms with Gasteiger partial charge in [0.2, 0.25) is 0 Å². The molecule has 2 N–H and O–H groups in total. The van der Waals surface area contributed by atoms with Gasteiger partial charge in [0, 0.05) is 16.5 Å². The molecule has 1 saturated heterocycles. The maximum atomic E-state index is 5.90. The largest absolute Gasteiger partial charge is 0.374 e. The lowest BCUT2D eigenvalue weighted by Gasteiger charge is -2.56. The zero-order chi connectivity index (χ0) is 12.3. The fourth-order valence-electron chi connectivity index (χ4n) is 2.68. The summed E-state index contributed by atoms with van der Waals surface area (Å²) in [4.78, 5) is 2.57. The summed E-state index contributed by atoms with van der Waals surface area (Å²) in [5.41, 5.74) is 6.11. The fraction of sp³-hybridized carbons (Fsp3) is 1.00. The number of rotatable bonds is 6. The van der Waals surface area contributed by atoms with Gasteiger partial charge >= 0.3 is 0 Å². The summed E-state index contributed by atoms with van der Waals surface area (Å²) in [7, 11) is 0. The molecule has 1 aliphatic rings. The number of hydrogen-bond acceptors (Lipinski definition) is 3. The van der Waals surface area contributed by atoms with Crippen molar-refractivity contribution in [3.05, 3.63) is 0 Å². The highest BCUT2D eigenvalue weighted by Crippen LogP contribution is 2.37. The molecule has 3 unspecified atom stereocenters. The summed E-state index contributed by atoms with van der Waals surface area (Å²) >= 11 is 2.49. The van der Waals surface area contributed by atoms with E-state index in [1.165, 1.54) is 0 Å². The van der Waals surface area contributed by atoms with Crippen LogP contribution in [0.3, 0.4) is 0 Å². The van der Waals surface area contributed by atoms with Crippen molar-refractivity contribution in [2.45, 2.75) is 57.8 Å². The first-order chi connectivity index (χ1) is 7.47. The topological polar surface area (TPSA) is 38.5 Å². The third-order valence-corrected chi connectivity index (χ3v) is 4.81. The molecule has 1 aliphatic heterocycles. The molecule has 0 aliphatic carbocycles. The molecular formula is C12H25IN2O. The van der Waals surface area contributed by atoms with Crippen LogP contribution in [0.25, 0.3) is 0 Å². The minimum atomic E-state index is 0.219. The molecule has 0 saturated carbocycles. The molecule has 0 aromatic rings. The van der Waals surface area contributed by atoms with Crippen LogP contribution in [0.2, 0.25) is 0 Å². The Hall–Kier alpha value is 0.610. The summed E-state index contributed by atoms with van der Waals surface area (Å²) in [5, 5.41) is 0. The minimum Gasteiger partial charge on any atom is -0.374 e. The number of alkyl halides is 1. The van der Waals surface area contributed by atoms with Crippen molar-refractivity contribution in [2.24, 2.45) is 5.73 Å². The van der Waals surface area contributed by atoms with Crippen molar-refractivity contribution in [3.8, 4) is 0 Å². The number of ether oxygens (including phenoxy) is 1. The second-order valence-electron chi connectivity index (χ2n) is 5.13. The summed E-state index contributed by atoms with van der Waals surface area (Å²) in [5.74, 6) is 0. The molecular weight excluding hydrogens is 315 g/mol. The van der Waals surface area contributed by atoms with Crippen LogP contribution in [-0.2, 0) is 4.74 Å². The molecule has 0 amide bonds. The second kappa shape index (κ2) is 5.98. The summed E-state index contributed by atoms with van der Waals surface area (Å²) in [6.45, 7) is 10.8. The van der Waals surface area contributed by atoms with Gasteiger partial charge in [-0.1, -0.05) is 29.5 Å². The van der Waals surface area contributed by atoms with Crippen molar-refractivity contribution < 1.29 is 4.74 Å². The van der Waals surface area contributed by atoms with Gasteiger partial charge in [0.05, 0.1) is 18.2 Å². The van der Waals surface area contributed by atoms with Crippen molar-refractivity contribution in [3.63, 3.8) is 0 Å². The average molecular weight is 340 g/mol. The van der Waals surface area contributed by atoms with Gasteiger partial charge in [-0.3, -0.25) is 4.90 Å². The standard InChI is InChI=1S/C12H25IN2O/c1-5-15(9(2)3)12(7-13)8-16-11(12)6-10(4)14/h9-11H,5-8,14H2,1-4H3. The average Bonchev–Trinajstić information content (AvgIpc) is 2.19. The number of likely N-dealkylation sites (N-methyl/N-ethyl adjacent to an activating group) is 1. The van der Waals surface area contributed by atoms with Gasteiger partial charge in [0.25, 0.3) is 0 Å². The molecule has 1 heterocycles. The van der Waals surface area contributed by atoms with E-state index in [1.807, 2.05) is 0 Å². The lowest BCUT2D eigenvalue weighted by molar-refractivity contribution is -0.199. The van der Waals surface area contributed by atoms with Gasteiger partial charge in [0.1, 0.15) is 0 Å². The highest BCUT2D eigenvalue weighted by Gasteiger charge is 2.51. The highest BCUT2D eigenvalue weighted by atomic mass is 127. The third kappa shape index (κ3) is 2.71. The van der Waals surface area contributed by atoms with Crippen LogP contribution < -0.4 is 5.73 Å². The zero-order valence-electron chi connectivity index (χ0n) is 10.9. The minimum absolute atomic E-state index is 0.219. The lowest BCUT2D eigenvalue weighted by atomic mass is 9.83. The third-order valence-electron chi connectivity index (χ3n) is 3.49. The summed E-state index contributed by atoms with van der Waals surface area (Å²) in [6.07, 6.45) is 1.28. The molecule has 3 atom stereocenters. The van der Waals surface area contributed by atoms with Crippen LogP contribution >= 0.6 is 22.6 Å². The maximum Gasteiger partial charge on any atom is 0.0804 e. The van der Waals surface area contributed by atoms with Gasteiger partial charge < -0.3 is 10.5 Å². The van der Waals surface area contributed by atoms with E-state index >= 15 is 0 Å². The summed E-state index contributed by atoms with van der Waals surface area (Å²) in [6, 6.07) is 0.790. The molecule has 0 spiro atoms. The van der Waals surface area contributed by atoms with Crippen LogP contribution in [0.15, 0.2) is 0 Å². The van der Waals surface area contributed by atoms with Gasteiger partial charge in [-0.05, 0) is 33.7 Å². The molecule has 16 heavy (non-hydrogen) atoms.